The second-order valence-electron chi connectivity index (χ2n) is 6.82. The van der Waals surface area contributed by atoms with Crippen molar-refractivity contribution in [2.45, 2.75) is 25.1 Å². The maximum atomic E-state index is 13.1. The summed E-state index contributed by atoms with van der Waals surface area (Å²) in [4.78, 5) is 16.1. The SMILES string of the molecule is O=C(Cc1cccc(C(F)(F)F)c1)N1CCc2sccc2[C@@H]1c1ccccc1. The highest BCUT2D eigenvalue weighted by atomic mass is 32.1. The average Bonchev–Trinajstić information content (AvgIpc) is 3.16. The molecule has 1 aliphatic rings. The summed E-state index contributed by atoms with van der Waals surface area (Å²) in [6.45, 7) is 0.560. The molecule has 0 bridgehead atoms. The zero-order chi connectivity index (χ0) is 19.7. The number of hydrogen-bond acceptors (Lipinski definition) is 2. The van der Waals surface area contributed by atoms with Gasteiger partial charge in [-0.15, -0.1) is 11.3 Å². The van der Waals surface area contributed by atoms with E-state index in [1.165, 1.54) is 10.9 Å². The molecule has 1 amide bonds. The Morgan fingerprint density at radius 3 is 2.61 bits per heavy atom. The molecule has 0 unspecified atom stereocenters. The van der Waals surface area contributed by atoms with E-state index < -0.39 is 11.7 Å². The Hall–Kier alpha value is -2.60. The monoisotopic (exact) mass is 401 g/mol. The molecular weight excluding hydrogens is 383 g/mol. The van der Waals surface area contributed by atoms with Gasteiger partial charge in [0, 0.05) is 11.4 Å². The maximum Gasteiger partial charge on any atom is 0.416 e. The first kappa shape index (κ1) is 18.7. The van der Waals surface area contributed by atoms with Crippen LogP contribution in [-0.4, -0.2) is 17.4 Å². The topological polar surface area (TPSA) is 20.3 Å². The smallest absolute Gasteiger partial charge is 0.331 e. The molecule has 0 aliphatic carbocycles. The van der Waals surface area contributed by atoms with E-state index in [9.17, 15) is 18.0 Å². The third-order valence-electron chi connectivity index (χ3n) is 5.01. The van der Waals surface area contributed by atoms with Crippen molar-refractivity contribution in [3.05, 3.63) is 93.2 Å². The molecule has 144 valence electrons. The zero-order valence-corrected chi connectivity index (χ0v) is 15.8. The highest BCUT2D eigenvalue weighted by molar-refractivity contribution is 7.10. The summed E-state index contributed by atoms with van der Waals surface area (Å²) in [5, 5.41) is 2.03. The highest BCUT2D eigenvalue weighted by Gasteiger charge is 2.33. The van der Waals surface area contributed by atoms with Crippen LogP contribution in [0.1, 0.15) is 33.2 Å². The van der Waals surface area contributed by atoms with Crippen LogP contribution in [0.5, 0.6) is 0 Å². The number of hydrogen-bond donors (Lipinski definition) is 0. The van der Waals surface area contributed by atoms with Gasteiger partial charge in [-0.05, 0) is 40.6 Å². The number of carbonyl (C=O) groups excluding carboxylic acids is 1. The number of halogens is 3. The fraction of sp³-hybridized carbons (Fsp3) is 0.227. The van der Waals surface area contributed by atoms with Crippen LogP contribution >= 0.6 is 11.3 Å². The van der Waals surface area contributed by atoms with Gasteiger partial charge in [0.1, 0.15) is 0 Å². The third-order valence-corrected chi connectivity index (χ3v) is 6.01. The number of amides is 1. The van der Waals surface area contributed by atoms with Crippen molar-refractivity contribution in [1.29, 1.82) is 0 Å². The molecule has 28 heavy (non-hydrogen) atoms. The van der Waals surface area contributed by atoms with Crippen molar-refractivity contribution in [3.63, 3.8) is 0 Å². The first-order chi connectivity index (χ1) is 13.4. The number of fused-ring (bicyclic) bond motifs is 1. The molecule has 2 aromatic carbocycles. The number of nitrogens with zero attached hydrogens (tertiary/aromatic N) is 1. The van der Waals surface area contributed by atoms with Crippen molar-refractivity contribution in [2.75, 3.05) is 6.54 Å². The lowest BCUT2D eigenvalue weighted by Gasteiger charge is -2.36. The number of benzene rings is 2. The zero-order valence-electron chi connectivity index (χ0n) is 14.9. The Morgan fingerprint density at radius 2 is 1.86 bits per heavy atom. The van der Waals surface area contributed by atoms with Gasteiger partial charge in [-0.1, -0.05) is 48.5 Å². The van der Waals surface area contributed by atoms with Crippen LogP contribution in [0.15, 0.2) is 66.0 Å². The fourth-order valence-corrected chi connectivity index (χ4v) is 4.62. The van der Waals surface area contributed by atoms with E-state index >= 15 is 0 Å². The van der Waals surface area contributed by atoms with Gasteiger partial charge >= 0.3 is 6.18 Å². The van der Waals surface area contributed by atoms with E-state index in [0.29, 0.717) is 12.1 Å². The minimum absolute atomic E-state index is 0.0489. The number of carbonyl (C=O) groups is 1. The lowest BCUT2D eigenvalue weighted by atomic mass is 9.92. The predicted molar refractivity (Wildman–Crippen MR) is 103 cm³/mol. The van der Waals surface area contributed by atoms with Crippen molar-refractivity contribution >= 4 is 17.2 Å². The molecule has 0 fully saturated rings. The maximum absolute atomic E-state index is 13.1. The van der Waals surface area contributed by atoms with Gasteiger partial charge in [0.2, 0.25) is 5.91 Å². The average molecular weight is 401 g/mol. The first-order valence-corrected chi connectivity index (χ1v) is 9.88. The van der Waals surface area contributed by atoms with E-state index in [1.54, 1.807) is 22.3 Å². The Balaban J connectivity index is 1.63. The Morgan fingerprint density at radius 1 is 1.07 bits per heavy atom. The second-order valence-corrected chi connectivity index (χ2v) is 7.83. The van der Waals surface area contributed by atoms with Gasteiger partial charge in [0.05, 0.1) is 18.0 Å². The van der Waals surface area contributed by atoms with Crippen LogP contribution in [0.4, 0.5) is 13.2 Å². The Bertz CT molecular complexity index is 981. The Kier molecular flexibility index (Phi) is 4.98. The molecule has 1 aliphatic heterocycles. The van der Waals surface area contributed by atoms with Crippen LogP contribution in [0.2, 0.25) is 0 Å². The first-order valence-electron chi connectivity index (χ1n) is 9.00. The van der Waals surface area contributed by atoms with E-state index in [2.05, 4.69) is 0 Å². The minimum Gasteiger partial charge on any atom is -0.331 e. The molecule has 0 saturated carbocycles. The highest BCUT2D eigenvalue weighted by Crippen LogP contribution is 2.38. The van der Waals surface area contributed by atoms with Crippen LogP contribution in [0.3, 0.4) is 0 Å². The van der Waals surface area contributed by atoms with E-state index in [1.807, 2.05) is 41.8 Å². The molecule has 6 heteroatoms. The van der Waals surface area contributed by atoms with Gasteiger partial charge in [0.25, 0.3) is 0 Å². The largest absolute Gasteiger partial charge is 0.416 e. The molecule has 2 heterocycles. The summed E-state index contributed by atoms with van der Waals surface area (Å²) >= 11 is 1.68. The van der Waals surface area contributed by atoms with Gasteiger partial charge in [-0.3, -0.25) is 4.79 Å². The van der Waals surface area contributed by atoms with E-state index in [4.69, 9.17) is 0 Å². The summed E-state index contributed by atoms with van der Waals surface area (Å²) in [5.41, 5.74) is 1.78. The van der Waals surface area contributed by atoms with Gasteiger partial charge in [-0.25, -0.2) is 0 Å². The molecular formula is C22H18F3NOS. The van der Waals surface area contributed by atoms with E-state index in [0.717, 1.165) is 29.7 Å². The van der Waals surface area contributed by atoms with Gasteiger partial charge in [0.15, 0.2) is 0 Å². The summed E-state index contributed by atoms with van der Waals surface area (Å²) in [5.74, 6) is -0.162. The standard InChI is InChI=1S/C22H18F3NOS/c23-22(24,25)17-8-4-5-15(13-17)14-20(27)26-11-9-19-18(10-12-28-19)21(26)16-6-2-1-3-7-16/h1-8,10,12-13,21H,9,11,14H2/t21-/m0/s1. The molecule has 1 atom stereocenters. The van der Waals surface area contributed by atoms with Crippen molar-refractivity contribution in [2.24, 2.45) is 0 Å². The Labute approximate surface area is 165 Å². The lowest BCUT2D eigenvalue weighted by Crippen LogP contribution is -2.40. The molecule has 0 spiro atoms. The van der Waals surface area contributed by atoms with E-state index in [-0.39, 0.29) is 18.4 Å². The van der Waals surface area contributed by atoms with Crippen LogP contribution in [-0.2, 0) is 23.8 Å². The van der Waals surface area contributed by atoms with Crippen LogP contribution < -0.4 is 0 Å². The molecule has 2 nitrogen and oxygen atoms in total. The summed E-state index contributed by atoms with van der Waals surface area (Å²) in [7, 11) is 0. The fourth-order valence-electron chi connectivity index (χ4n) is 3.71. The molecule has 1 aromatic heterocycles. The lowest BCUT2D eigenvalue weighted by molar-refractivity contribution is -0.138. The molecule has 0 saturated heterocycles. The predicted octanol–water partition coefficient (Wildman–Crippen LogP) is 5.48. The minimum atomic E-state index is -4.41. The number of thiophene rings is 1. The molecule has 0 N–H and O–H groups in total. The second kappa shape index (κ2) is 7.43. The number of alkyl halides is 3. The molecule has 3 aromatic rings. The summed E-state index contributed by atoms with van der Waals surface area (Å²) in [6, 6.07) is 16.6. The van der Waals surface area contributed by atoms with Crippen LogP contribution in [0, 0.1) is 0 Å². The number of rotatable bonds is 3. The molecule has 4 rings (SSSR count). The van der Waals surface area contributed by atoms with Crippen molar-refractivity contribution < 1.29 is 18.0 Å². The third kappa shape index (κ3) is 3.69. The van der Waals surface area contributed by atoms with Crippen LogP contribution in [0.25, 0.3) is 0 Å². The van der Waals surface area contributed by atoms with Gasteiger partial charge in [-0.2, -0.15) is 13.2 Å². The normalized spacial score (nSPS) is 16.7. The molecule has 0 radical (unpaired) electrons. The van der Waals surface area contributed by atoms with Gasteiger partial charge < -0.3 is 4.90 Å². The van der Waals surface area contributed by atoms with Crippen molar-refractivity contribution in [3.8, 4) is 0 Å². The summed E-state index contributed by atoms with van der Waals surface area (Å²) in [6.07, 6.45) is -3.69. The van der Waals surface area contributed by atoms with Crippen molar-refractivity contribution in [1.82, 2.24) is 4.90 Å². The quantitative estimate of drug-likeness (QED) is 0.569. The summed E-state index contributed by atoms with van der Waals surface area (Å²) < 4.78 is 38.9.